The van der Waals surface area contributed by atoms with Gasteiger partial charge in [-0.2, -0.15) is 0 Å². The van der Waals surface area contributed by atoms with Crippen molar-refractivity contribution in [3.8, 4) is 0 Å². The Morgan fingerprint density at radius 1 is 1.21 bits per heavy atom. The van der Waals surface area contributed by atoms with Crippen LogP contribution in [0.4, 0.5) is 0 Å². The van der Waals surface area contributed by atoms with Crippen LogP contribution in [0.3, 0.4) is 0 Å². The number of fused-ring (bicyclic) bond motifs is 6. The van der Waals surface area contributed by atoms with Crippen LogP contribution in [0.25, 0.3) is 22.4 Å². The minimum atomic E-state index is -0.267. The molecule has 3 heteroatoms. The molecule has 1 atom stereocenters. The van der Waals surface area contributed by atoms with Crippen molar-refractivity contribution in [2.24, 2.45) is 5.92 Å². The number of carbonyl (C=O) groups is 1. The molecule has 1 N–H and O–H groups in total. The molecule has 1 fully saturated rings. The lowest BCUT2D eigenvalue weighted by molar-refractivity contribution is -0.136. The summed E-state index contributed by atoms with van der Waals surface area (Å²) in [4.78, 5) is 11.6. The van der Waals surface area contributed by atoms with Crippen LogP contribution in [0.1, 0.15) is 18.1 Å². The molecule has 0 spiro atoms. The summed E-state index contributed by atoms with van der Waals surface area (Å²) in [7, 11) is 0. The molecule has 1 aliphatic heterocycles. The van der Waals surface area contributed by atoms with Crippen LogP contribution in [0.5, 0.6) is 0 Å². The van der Waals surface area contributed by atoms with Gasteiger partial charge in [-0.05, 0) is 45.2 Å². The predicted molar refractivity (Wildman–Crippen MR) is 95.1 cm³/mol. The summed E-state index contributed by atoms with van der Waals surface area (Å²) in [6, 6.07) is 12.8. The summed E-state index contributed by atoms with van der Waals surface area (Å²) < 4.78 is 5.55. The van der Waals surface area contributed by atoms with Crippen LogP contribution >= 0.6 is 0 Å². The molecule has 5 rings (SSSR count). The minimum absolute atomic E-state index is 0.267. The van der Waals surface area contributed by atoms with E-state index < -0.39 is 0 Å². The summed E-state index contributed by atoms with van der Waals surface area (Å²) in [6.07, 6.45) is 4.26. The Balaban J connectivity index is 1.79. The van der Waals surface area contributed by atoms with E-state index in [2.05, 4.69) is 53.9 Å². The lowest BCUT2D eigenvalue weighted by Crippen LogP contribution is -2.13. The lowest BCUT2D eigenvalue weighted by Gasteiger charge is -2.23. The molecule has 2 aliphatic carbocycles. The number of hydrogen-bond acceptors (Lipinski definition) is 3. The van der Waals surface area contributed by atoms with Gasteiger partial charge in [-0.15, -0.1) is 0 Å². The number of carbonyl (C=O) groups excluding carboxylic acids is 1. The van der Waals surface area contributed by atoms with Crippen molar-refractivity contribution in [3.05, 3.63) is 70.5 Å². The first-order valence-electron chi connectivity index (χ1n) is 8.31. The largest absolute Gasteiger partial charge is 0.426 e. The average Bonchev–Trinajstić information content (AvgIpc) is 3.17. The number of esters is 1. The first kappa shape index (κ1) is 13.8. The molecule has 24 heavy (non-hydrogen) atoms. The van der Waals surface area contributed by atoms with E-state index in [-0.39, 0.29) is 5.97 Å². The predicted octanol–water partition coefficient (Wildman–Crippen LogP) is 3.67. The molecule has 118 valence electrons. The molecule has 2 aromatic rings. The van der Waals surface area contributed by atoms with E-state index in [1.54, 1.807) is 0 Å². The molecule has 0 radical (unpaired) electrons. The fourth-order valence-corrected chi connectivity index (χ4v) is 4.14. The Morgan fingerprint density at radius 2 is 2.08 bits per heavy atom. The second kappa shape index (κ2) is 4.92. The molecule has 0 amide bonds. The number of hydrogen-bond donors (Lipinski definition) is 1. The minimum Gasteiger partial charge on any atom is -0.426 e. The van der Waals surface area contributed by atoms with Crippen LogP contribution in [0.2, 0.25) is 0 Å². The van der Waals surface area contributed by atoms with Crippen molar-refractivity contribution < 1.29 is 9.53 Å². The highest BCUT2D eigenvalue weighted by Gasteiger charge is 2.36. The van der Waals surface area contributed by atoms with Gasteiger partial charge in [0.15, 0.2) is 0 Å². The second-order valence-corrected chi connectivity index (χ2v) is 6.57. The number of benzene rings is 2. The monoisotopic (exact) mass is 315 g/mol. The Hall–Kier alpha value is -2.65. The van der Waals surface area contributed by atoms with E-state index in [1.807, 2.05) is 0 Å². The summed E-state index contributed by atoms with van der Waals surface area (Å²) in [5.74, 6) is 0.739. The van der Waals surface area contributed by atoms with E-state index in [0.717, 1.165) is 18.7 Å². The van der Waals surface area contributed by atoms with Crippen LogP contribution < -0.4 is 5.32 Å². The van der Waals surface area contributed by atoms with Crippen LogP contribution in [-0.4, -0.2) is 19.1 Å². The third-order valence-electron chi connectivity index (χ3n) is 5.10. The summed E-state index contributed by atoms with van der Waals surface area (Å²) in [6.45, 7) is 3.26. The molecule has 2 aromatic carbocycles. The molecule has 1 saturated heterocycles. The highest BCUT2D eigenvalue weighted by Crippen LogP contribution is 2.49. The zero-order valence-corrected chi connectivity index (χ0v) is 13.4. The van der Waals surface area contributed by atoms with Crippen molar-refractivity contribution in [1.29, 1.82) is 0 Å². The molecule has 0 saturated carbocycles. The lowest BCUT2D eigenvalue weighted by atomic mass is 9.83. The average molecular weight is 315 g/mol. The molecule has 0 bridgehead atoms. The highest BCUT2D eigenvalue weighted by atomic mass is 16.5. The van der Waals surface area contributed by atoms with Gasteiger partial charge in [0.25, 0.3) is 0 Å². The summed E-state index contributed by atoms with van der Waals surface area (Å²) in [5.41, 5.74) is 6.20. The smallest absolute Gasteiger partial charge is 0.308 e. The van der Waals surface area contributed by atoms with E-state index >= 15 is 0 Å². The molecule has 3 aliphatic rings. The van der Waals surface area contributed by atoms with Gasteiger partial charge >= 0.3 is 5.97 Å². The van der Waals surface area contributed by atoms with Crippen molar-refractivity contribution in [2.75, 3.05) is 13.1 Å². The molecular formula is C21H17NO2. The van der Waals surface area contributed by atoms with Crippen molar-refractivity contribution in [1.82, 2.24) is 5.32 Å². The maximum absolute atomic E-state index is 11.6. The van der Waals surface area contributed by atoms with Crippen LogP contribution in [-0.2, 0) is 9.53 Å². The SMILES string of the molecule is CC(=O)OC1=CC2CNCC2=C2C1=Cc1ccc3ccccc3c12. The van der Waals surface area contributed by atoms with Crippen molar-refractivity contribution in [3.63, 3.8) is 0 Å². The highest BCUT2D eigenvalue weighted by molar-refractivity contribution is 6.09. The van der Waals surface area contributed by atoms with E-state index in [0.29, 0.717) is 11.7 Å². The van der Waals surface area contributed by atoms with Gasteiger partial charge in [0.05, 0.1) is 0 Å². The molecule has 0 aromatic heterocycles. The first-order valence-corrected chi connectivity index (χ1v) is 8.31. The van der Waals surface area contributed by atoms with Crippen LogP contribution in [0.15, 0.2) is 59.4 Å². The maximum atomic E-state index is 11.6. The number of allylic oxidation sites excluding steroid dienone is 1. The first-order chi connectivity index (χ1) is 11.7. The van der Waals surface area contributed by atoms with E-state index in [4.69, 9.17) is 4.74 Å². The number of nitrogens with one attached hydrogen (secondary N) is 1. The molecule has 3 nitrogen and oxygen atoms in total. The Labute approximate surface area is 140 Å². The Kier molecular flexibility index (Phi) is 2.82. The zero-order valence-electron chi connectivity index (χ0n) is 13.4. The summed E-state index contributed by atoms with van der Waals surface area (Å²) in [5, 5.41) is 5.96. The van der Waals surface area contributed by atoms with Crippen molar-refractivity contribution >= 4 is 28.4 Å². The van der Waals surface area contributed by atoms with Crippen molar-refractivity contribution in [2.45, 2.75) is 6.92 Å². The maximum Gasteiger partial charge on any atom is 0.308 e. The zero-order chi connectivity index (χ0) is 16.3. The molecule has 1 heterocycles. The number of rotatable bonds is 1. The molecular weight excluding hydrogens is 298 g/mol. The van der Waals surface area contributed by atoms with Gasteiger partial charge in [0, 0.05) is 31.5 Å². The second-order valence-electron chi connectivity index (χ2n) is 6.57. The normalized spacial score (nSPS) is 21.1. The topological polar surface area (TPSA) is 38.3 Å². The van der Waals surface area contributed by atoms with Crippen LogP contribution in [0, 0.1) is 5.92 Å². The van der Waals surface area contributed by atoms with Gasteiger partial charge in [0.2, 0.25) is 0 Å². The van der Waals surface area contributed by atoms with E-state index in [9.17, 15) is 4.79 Å². The van der Waals surface area contributed by atoms with Gasteiger partial charge in [-0.3, -0.25) is 4.79 Å². The fourth-order valence-electron chi connectivity index (χ4n) is 4.14. The summed E-state index contributed by atoms with van der Waals surface area (Å²) >= 11 is 0. The Bertz CT molecular complexity index is 994. The standard InChI is InChI=1S/C21H17NO2/c1-12(23)24-19-9-15-10-22-11-18(15)21-17(19)8-14-7-6-13-4-2-3-5-16(13)20(14)21/h2-9,15,22H,10-11H2,1H3. The van der Waals surface area contributed by atoms with E-state index in [1.165, 1.54) is 40.0 Å². The third-order valence-corrected chi connectivity index (χ3v) is 5.10. The fraction of sp³-hybridized carbons (Fsp3) is 0.190. The molecule has 1 unspecified atom stereocenters. The van der Waals surface area contributed by atoms with Gasteiger partial charge in [0.1, 0.15) is 5.76 Å². The van der Waals surface area contributed by atoms with Gasteiger partial charge < -0.3 is 10.1 Å². The third kappa shape index (κ3) is 1.85. The number of ether oxygens (including phenoxy) is 1. The van der Waals surface area contributed by atoms with Gasteiger partial charge in [-0.1, -0.05) is 36.4 Å². The van der Waals surface area contributed by atoms with Gasteiger partial charge in [-0.25, -0.2) is 0 Å². The Morgan fingerprint density at radius 3 is 2.96 bits per heavy atom. The quantitative estimate of drug-likeness (QED) is 0.816.